The number of hydrogen-bond donors (Lipinski definition) is 1. The first-order valence-corrected chi connectivity index (χ1v) is 8.63. The lowest BCUT2D eigenvalue weighted by Gasteiger charge is -2.38. The lowest BCUT2D eigenvalue weighted by molar-refractivity contribution is 0.233. The fraction of sp³-hybridized carbons (Fsp3) is 0.667. The maximum absolute atomic E-state index is 6.21. The molecule has 6 heteroatoms. The number of hydrogen-bond acceptors (Lipinski definition) is 5. The normalized spacial score (nSPS) is 22.1. The molecule has 0 aliphatic carbocycles. The Balaban J connectivity index is 1.93. The average Bonchev–Trinajstić information content (AvgIpc) is 3.04. The molecule has 2 N–H and O–H groups in total. The number of imidazole rings is 1. The van der Waals surface area contributed by atoms with Crippen LogP contribution in [0, 0.1) is 0 Å². The molecule has 0 bridgehead atoms. The number of likely N-dealkylation sites (N-methyl/N-ethyl adjacent to an activating group) is 1. The fourth-order valence-corrected chi connectivity index (χ4v) is 3.63. The number of aromatic nitrogens is 2. The van der Waals surface area contributed by atoms with Crippen LogP contribution >= 0.6 is 11.3 Å². The Kier molecular flexibility index (Phi) is 4.19. The molecule has 0 saturated carbocycles. The second kappa shape index (κ2) is 5.94. The molecule has 0 amide bonds. The number of anilines is 1. The number of thiazole rings is 1. The number of nitrogens with zero attached hydrogens (tertiary/aromatic N) is 4. The first-order valence-electron chi connectivity index (χ1n) is 7.75. The van der Waals surface area contributed by atoms with Crippen molar-refractivity contribution in [3.63, 3.8) is 0 Å². The van der Waals surface area contributed by atoms with Gasteiger partial charge in [-0.05, 0) is 20.4 Å². The highest BCUT2D eigenvalue weighted by molar-refractivity contribution is 7.15. The molecule has 2 unspecified atom stereocenters. The van der Waals surface area contributed by atoms with Crippen LogP contribution in [0.2, 0.25) is 0 Å². The van der Waals surface area contributed by atoms with Crippen molar-refractivity contribution in [2.24, 2.45) is 5.73 Å². The molecule has 1 fully saturated rings. The van der Waals surface area contributed by atoms with Crippen LogP contribution in [0.4, 0.5) is 5.82 Å². The Morgan fingerprint density at radius 2 is 2.29 bits per heavy atom. The number of rotatable bonds is 4. The van der Waals surface area contributed by atoms with Crippen LogP contribution in [0.15, 0.2) is 11.6 Å². The van der Waals surface area contributed by atoms with Gasteiger partial charge >= 0.3 is 0 Å². The summed E-state index contributed by atoms with van der Waals surface area (Å²) in [5, 5.41) is 2.10. The van der Waals surface area contributed by atoms with Gasteiger partial charge in [0.2, 0.25) is 0 Å². The van der Waals surface area contributed by atoms with Crippen molar-refractivity contribution in [3.8, 4) is 0 Å². The van der Waals surface area contributed by atoms with Crippen LogP contribution in [-0.4, -0.2) is 53.1 Å². The Morgan fingerprint density at radius 1 is 1.48 bits per heavy atom. The summed E-state index contributed by atoms with van der Waals surface area (Å²) in [6, 6.07) is 0.764. The van der Waals surface area contributed by atoms with Gasteiger partial charge in [0.1, 0.15) is 0 Å². The molecule has 3 rings (SSSR count). The number of piperazine rings is 1. The molecule has 116 valence electrons. The smallest absolute Gasteiger partial charge is 0.195 e. The Bertz CT molecular complexity index is 604. The van der Waals surface area contributed by atoms with Gasteiger partial charge in [0, 0.05) is 49.7 Å². The summed E-state index contributed by atoms with van der Waals surface area (Å²) < 4.78 is 2.22. The zero-order valence-electron chi connectivity index (χ0n) is 13.1. The van der Waals surface area contributed by atoms with Crippen LogP contribution in [0.5, 0.6) is 0 Å². The van der Waals surface area contributed by atoms with Crippen LogP contribution in [0.25, 0.3) is 4.96 Å². The minimum Gasteiger partial charge on any atom is -0.352 e. The van der Waals surface area contributed by atoms with Crippen LogP contribution < -0.4 is 10.6 Å². The SMILES string of the molecule is CCC(N)Cc1c(N2CCN(C)C(C)C2)nc2sccn12. The maximum Gasteiger partial charge on any atom is 0.195 e. The van der Waals surface area contributed by atoms with E-state index in [1.54, 1.807) is 11.3 Å². The second-order valence-corrected chi connectivity index (χ2v) is 6.96. The Hall–Kier alpha value is -1.11. The van der Waals surface area contributed by atoms with Crippen molar-refractivity contribution in [3.05, 3.63) is 17.3 Å². The standard InChI is InChI=1S/C15H25N5S/c1-4-12(16)9-13-14(17-15-20(13)7-8-21-15)19-6-5-18(3)11(2)10-19/h7-8,11-12H,4-6,9-10,16H2,1-3H3. The van der Waals surface area contributed by atoms with Gasteiger partial charge in [-0.1, -0.05) is 6.92 Å². The van der Waals surface area contributed by atoms with E-state index in [1.165, 1.54) is 5.69 Å². The summed E-state index contributed by atoms with van der Waals surface area (Å²) >= 11 is 1.70. The highest BCUT2D eigenvalue weighted by atomic mass is 32.1. The molecule has 0 spiro atoms. The summed E-state index contributed by atoms with van der Waals surface area (Å²) in [6.45, 7) is 7.59. The molecule has 1 saturated heterocycles. The Morgan fingerprint density at radius 3 is 3.00 bits per heavy atom. The zero-order valence-corrected chi connectivity index (χ0v) is 13.9. The first kappa shape index (κ1) is 14.8. The second-order valence-electron chi connectivity index (χ2n) is 6.09. The summed E-state index contributed by atoms with van der Waals surface area (Å²) in [6.07, 6.45) is 4.01. The lowest BCUT2D eigenvalue weighted by Crippen LogP contribution is -2.50. The maximum atomic E-state index is 6.21. The minimum atomic E-state index is 0.202. The summed E-state index contributed by atoms with van der Waals surface area (Å²) in [5.74, 6) is 1.14. The third-order valence-electron chi connectivity index (χ3n) is 4.58. The van der Waals surface area contributed by atoms with Crippen molar-refractivity contribution in [2.75, 3.05) is 31.6 Å². The predicted molar refractivity (Wildman–Crippen MR) is 89.3 cm³/mol. The van der Waals surface area contributed by atoms with Gasteiger partial charge in [-0.15, -0.1) is 11.3 Å². The molecule has 0 aromatic carbocycles. The van der Waals surface area contributed by atoms with Crippen LogP contribution in [-0.2, 0) is 6.42 Å². The van der Waals surface area contributed by atoms with Crippen molar-refractivity contribution in [2.45, 2.75) is 38.8 Å². The minimum absolute atomic E-state index is 0.202. The molecule has 1 aliphatic rings. The third-order valence-corrected chi connectivity index (χ3v) is 5.34. The molecule has 3 heterocycles. The van der Waals surface area contributed by atoms with E-state index >= 15 is 0 Å². The highest BCUT2D eigenvalue weighted by Crippen LogP contribution is 2.27. The Labute approximate surface area is 130 Å². The highest BCUT2D eigenvalue weighted by Gasteiger charge is 2.26. The topological polar surface area (TPSA) is 49.8 Å². The molecule has 2 aromatic heterocycles. The predicted octanol–water partition coefficient (Wildman–Crippen LogP) is 1.82. The van der Waals surface area contributed by atoms with Gasteiger partial charge in [-0.25, -0.2) is 4.98 Å². The first-order chi connectivity index (χ1) is 10.1. The quantitative estimate of drug-likeness (QED) is 0.936. The van der Waals surface area contributed by atoms with E-state index in [4.69, 9.17) is 10.7 Å². The van der Waals surface area contributed by atoms with Crippen molar-refractivity contribution in [1.29, 1.82) is 0 Å². The molecule has 1 aliphatic heterocycles. The fourth-order valence-electron chi connectivity index (χ4n) is 2.90. The van der Waals surface area contributed by atoms with Gasteiger partial charge in [-0.3, -0.25) is 4.40 Å². The van der Waals surface area contributed by atoms with Gasteiger partial charge in [0.25, 0.3) is 0 Å². The van der Waals surface area contributed by atoms with E-state index < -0.39 is 0 Å². The summed E-state index contributed by atoms with van der Waals surface area (Å²) in [4.78, 5) is 10.8. The number of fused-ring (bicyclic) bond motifs is 1. The molecule has 21 heavy (non-hydrogen) atoms. The summed E-state index contributed by atoms with van der Waals surface area (Å²) in [7, 11) is 2.20. The van der Waals surface area contributed by atoms with Crippen molar-refractivity contribution >= 4 is 22.1 Å². The average molecular weight is 307 g/mol. The largest absolute Gasteiger partial charge is 0.352 e. The zero-order chi connectivity index (χ0) is 15.0. The molecular weight excluding hydrogens is 282 g/mol. The summed E-state index contributed by atoms with van der Waals surface area (Å²) in [5.41, 5.74) is 7.48. The van der Waals surface area contributed by atoms with Crippen molar-refractivity contribution < 1.29 is 0 Å². The van der Waals surface area contributed by atoms with Gasteiger partial charge < -0.3 is 15.5 Å². The van der Waals surface area contributed by atoms with Gasteiger partial charge in [0.05, 0.1) is 5.69 Å². The van der Waals surface area contributed by atoms with E-state index in [0.29, 0.717) is 6.04 Å². The van der Waals surface area contributed by atoms with E-state index in [-0.39, 0.29) is 6.04 Å². The molecule has 0 radical (unpaired) electrons. The lowest BCUT2D eigenvalue weighted by atomic mass is 10.1. The van der Waals surface area contributed by atoms with E-state index in [0.717, 1.165) is 43.3 Å². The van der Waals surface area contributed by atoms with E-state index in [2.05, 4.69) is 46.7 Å². The number of nitrogens with two attached hydrogens (primary N) is 1. The molecular formula is C15H25N5S. The molecule has 5 nitrogen and oxygen atoms in total. The molecule has 2 aromatic rings. The van der Waals surface area contributed by atoms with Crippen molar-refractivity contribution in [1.82, 2.24) is 14.3 Å². The van der Waals surface area contributed by atoms with Crippen LogP contribution in [0.1, 0.15) is 26.0 Å². The van der Waals surface area contributed by atoms with Gasteiger partial charge in [0.15, 0.2) is 10.8 Å². The molecule has 2 atom stereocenters. The third kappa shape index (κ3) is 2.80. The van der Waals surface area contributed by atoms with Crippen LogP contribution in [0.3, 0.4) is 0 Å². The monoisotopic (exact) mass is 307 g/mol. The van der Waals surface area contributed by atoms with E-state index in [9.17, 15) is 0 Å². The van der Waals surface area contributed by atoms with Gasteiger partial charge in [-0.2, -0.15) is 0 Å². The van der Waals surface area contributed by atoms with E-state index in [1.807, 2.05) is 0 Å².